The summed E-state index contributed by atoms with van der Waals surface area (Å²) in [4.78, 5) is 0. The zero-order chi connectivity index (χ0) is 14.8. The van der Waals surface area contributed by atoms with Crippen LogP contribution in [-0.4, -0.2) is 11.7 Å². The topological polar surface area (TPSA) is 45.4 Å². The molecule has 1 aromatic heterocycles. The highest BCUT2D eigenvalue weighted by Gasteiger charge is 2.31. The molecular weight excluding hydrogens is 278 g/mol. The maximum atomic E-state index is 13.4. The maximum Gasteiger partial charge on any atom is 0.416 e. The van der Waals surface area contributed by atoms with E-state index in [1.54, 1.807) is 6.07 Å². The molecule has 0 radical (unpaired) electrons. The van der Waals surface area contributed by atoms with E-state index in [9.17, 15) is 22.7 Å². The Kier molecular flexibility index (Phi) is 3.99. The van der Waals surface area contributed by atoms with Crippen LogP contribution in [0.25, 0.3) is 0 Å². The summed E-state index contributed by atoms with van der Waals surface area (Å²) in [6.07, 6.45) is -4.29. The summed E-state index contributed by atoms with van der Waals surface area (Å²) in [6, 6.07) is 5.11. The molecule has 2 rings (SSSR count). The molecular formula is C13H11F4NO2. The van der Waals surface area contributed by atoms with Gasteiger partial charge < -0.3 is 14.8 Å². The van der Waals surface area contributed by atoms with Gasteiger partial charge in [-0.3, -0.25) is 0 Å². The number of aliphatic hydroxyl groups excluding tert-OH is 1. The molecule has 2 aromatic rings. The molecule has 2 N–H and O–H groups in total. The normalized spacial score (nSPS) is 13.2. The minimum atomic E-state index is -4.55. The predicted molar refractivity (Wildman–Crippen MR) is 63.6 cm³/mol. The summed E-state index contributed by atoms with van der Waals surface area (Å²) < 4.78 is 55.9. The molecule has 0 saturated carbocycles. The third-order valence-electron chi connectivity index (χ3n) is 2.65. The summed E-state index contributed by atoms with van der Waals surface area (Å²) in [5, 5.41) is 12.1. The predicted octanol–water partition coefficient (Wildman–Crippen LogP) is 3.58. The summed E-state index contributed by atoms with van der Waals surface area (Å²) >= 11 is 0. The minimum absolute atomic E-state index is 0.175. The Balaban J connectivity index is 2.09. The molecule has 0 amide bonds. The molecule has 3 nitrogen and oxygen atoms in total. The SMILES string of the molecule is OC(CNc1cc(C(F)(F)F)ccc1F)c1ccco1. The fraction of sp³-hybridized carbons (Fsp3) is 0.231. The number of hydrogen-bond acceptors (Lipinski definition) is 3. The number of anilines is 1. The lowest BCUT2D eigenvalue weighted by molar-refractivity contribution is -0.137. The van der Waals surface area contributed by atoms with E-state index in [1.807, 2.05) is 0 Å². The van der Waals surface area contributed by atoms with Gasteiger partial charge in [-0.2, -0.15) is 13.2 Å². The quantitative estimate of drug-likeness (QED) is 0.846. The lowest BCUT2D eigenvalue weighted by Gasteiger charge is -2.13. The van der Waals surface area contributed by atoms with Gasteiger partial charge in [0.05, 0.1) is 17.5 Å². The van der Waals surface area contributed by atoms with Crippen LogP contribution in [0.4, 0.5) is 23.2 Å². The first-order chi connectivity index (χ1) is 9.38. The van der Waals surface area contributed by atoms with Crippen molar-refractivity contribution in [3.05, 3.63) is 53.7 Å². The van der Waals surface area contributed by atoms with Crippen LogP contribution in [0, 0.1) is 5.82 Å². The van der Waals surface area contributed by atoms with E-state index in [0.29, 0.717) is 12.1 Å². The first-order valence-corrected chi connectivity index (χ1v) is 5.70. The lowest BCUT2D eigenvalue weighted by atomic mass is 10.1. The zero-order valence-electron chi connectivity index (χ0n) is 10.1. The third-order valence-corrected chi connectivity index (χ3v) is 2.65. The molecule has 1 heterocycles. The van der Waals surface area contributed by atoms with Crippen LogP contribution in [0.3, 0.4) is 0 Å². The van der Waals surface area contributed by atoms with Crippen molar-refractivity contribution in [3.63, 3.8) is 0 Å². The van der Waals surface area contributed by atoms with Crippen LogP contribution in [0.2, 0.25) is 0 Å². The van der Waals surface area contributed by atoms with Crippen molar-refractivity contribution in [2.75, 3.05) is 11.9 Å². The van der Waals surface area contributed by atoms with Gasteiger partial charge in [-0.1, -0.05) is 0 Å². The number of benzene rings is 1. The van der Waals surface area contributed by atoms with Gasteiger partial charge in [0.25, 0.3) is 0 Å². The van der Waals surface area contributed by atoms with Gasteiger partial charge in [-0.25, -0.2) is 4.39 Å². The molecule has 1 unspecified atom stereocenters. The smallest absolute Gasteiger partial charge is 0.416 e. The Hall–Kier alpha value is -2.02. The van der Waals surface area contributed by atoms with Crippen LogP contribution >= 0.6 is 0 Å². The van der Waals surface area contributed by atoms with E-state index in [-0.39, 0.29) is 18.0 Å². The van der Waals surface area contributed by atoms with Crippen molar-refractivity contribution in [1.82, 2.24) is 0 Å². The van der Waals surface area contributed by atoms with Gasteiger partial charge in [0.2, 0.25) is 0 Å². The molecule has 0 spiro atoms. The first-order valence-electron chi connectivity index (χ1n) is 5.70. The second-order valence-corrected chi connectivity index (χ2v) is 4.10. The van der Waals surface area contributed by atoms with Crippen LogP contribution < -0.4 is 5.32 Å². The number of hydrogen-bond donors (Lipinski definition) is 2. The Labute approximate surface area is 111 Å². The van der Waals surface area contributed by atoms with Crippen LogP contribution in [-0.2, 0) is 6.18 Å². The van der Waals surface area contributed by atoms with E-state index < -0.39 is 23.7 Å². The fourth-order valence-corrected chi connectivity index (χ4v) is 1.63. The van der Waals surface area contributed by atoms with E-state index >= 15 is 0 Å². The Morgan fingerprint density at radius 2 is 2.00 bits per heavy atom. The Bertz CT molecular complexity index is 566. The molecule has 0 bridgehead atoms. The Morgan fingerprint density at radius 1 is 1.25 bits per heavy atom. The van der Waals surface area contributed by atoms with Crippen molar-refractivity contribution in [2.45, 2.75) is 12.3 Å². The number of rotatable bonds is 4. The molecule has 7 heteroatoms. The highest BCUT2D eigenvalue weighted by Crippen LogP contribution is 2.32. The van der Waals surface area contributed by atoms with E-state index in [1.165, 1.54) is 12.3 Å². The van der Waals surface area contributed by atoms with E-state index in [0.717, 1.165) is 6.07 Å². The van der Waals surface area contributed by atoms with Crippen molar-refractivity contribution in [3.8, 4) is 0 Å². The number of nitrogens with one attached hydrogen (secondary N) is 1. The molecule has 0 fully saturated rings. The van der Waals surface area contributed by atoms with Gasteiger partial charge in [-0.15, -0.1) is 0 Å². The van der Waals surface area contributed by atoms with Gasteiger partial charge in [0.1, 0.15) is 17.7 Å². The molecule has 1 aromatic carbocycles. The second kappa shape index (κ2) is 5.54. The lowest BCUT2D eigenvalue weighted by Crippen LogP contribution is -2.13. The molecule has 0 aliphatic rings. The first kappa shape index (κ1) is 14.4. The van der Waals surface area contributed by atoms with Crippen LogP contribution in [0.5, 0.6) is 0 Å². The highest BCUT2D eigenvalue weighted by molar-refractivity contribution is 5.48. The maximum absolute atomic E-state index is 13.4. The van der Waals surface area contributed by atoms with Crippen molar-refractivity contribution in [1.29, 1.82) is 0 Å². The standard InChI is InChI=1S/C13H11F4NO2/c14-9-4-3-8(13(15,16)17)6-10(9)18-7-11(19)12-2-1-5-20-12/h1-6,11,18-19H,7H2. The summed E-state index contributed by atoms with van der Waals surface area (Å²) in [5.41, 5.74) is -1.29. The fourth-order valence-electron chi connectivity index (χ4n) is 1.63. The summed E-state index contributed by atoms with van der Waals surface area (Å²) in [6.45, 7) is -0.175. The second-order valence-electron chi connectivity index (χ2n) is 4.10. The molecule has 108 valence electrons. The Morgan fingerprint density at radius 3 is 2.60 bits per heavy atom. The minimum Gasteiger partial charge on any atom is -0.467 e. The average Bonchev–Trinajstić information content (AvgIpc) is 2.90. The molecule has 0 aliphatic carbocycles. The summed E-state index contributed by atoms with van der Waals surface area (Å²) in [5.74, 6) is -0.588. The van der Waals surface area contributed by atoms with Crippen molar-refractivity contribution >= 4 is 5.69 Å². The van der Waals surface area contributed by atoms with Crippen LogP contribution in [0.15, 0.2) is 41.0 Å². The van der Waals surface area contributed by atoms with E-state index in [4.69, 9.17) is 4.42 Å². The average molecular weight is 289 g/mol. The monoisotopic (exact) mass is 289 g/mol. The number of furan rings is 1. The summed E-state index contributed by atoms with van der Waals surface area (Å²) in [7, 11) is 0. The van der Waals surface area contributed by atoms with Gasteiger partial charge >= 0.3 is 6.18 Å². The van der Waals surface area contributed by atoms with Gasteiger partial charge in [0, 0.05) is 6.54 Å². The van der Waals surface area contributed by atoms with Crippen LogP contribution in [0.1, 0.15) is 17.4 Å². The number of alkyl halides is 3. The van der Waals surface area contributed by atoms with Gasteiger partial charge in [0.15, 0.2) is 0 Å². The molecule has 20 heavy (non-hydrogen) atoms. The zero-order valence-corrected chi connectivity index (χ0v) is 10.1. The van der Waals surface area contributed by atoms with Gasteiger partial charge in [-0.05, 0) is 30.3 Å². The highest BCUT2D eigenvalue weighted by atomic mass is 19.4. The third kappa shape index (κ3) is 3.30. The number of halogens is 4. The molecule has 1 atom stereocenters. The molecule has 0 saturated heterocycles. The number of aliphatic hydroxyl groups is 1. The van der Waals surface area contributed by atoms with Crippen molar-refractivity contribution in [2.24, 2.45) is 0 Å². The van der Waals surface area contributed by atoms with E-state index in [2.05, 4.69) is 5.32 Å². The largest absolute Gasteiger partial charge is 0.467 e. The molecule has 0 aliphatic heterocycles. The van der Waals surface area contributed by atoms with Crippen molar-refractivity contribution < 1.29 is 27.1 Å².